The highest BCUT2D eigenvalue weighted by atomic mass is 16.2. The highest BCUT2D eigenvalue weighted by Gasteiger charge is 2.07. The van der Waals surface area contributed by atoms with Crippen LogP contribution in [0.3, 0.4) is 0 Å². The van der Waals surface area contributed by atoms with Crippen molar-refractivity contribution in [3.63, 3.8) is 0 Å². The average Bonchev–Trinajstić information content (AvgIpc) is 2.66. The molecule has 1 amide bonds. The van der Waals surface area contributed by atoms with Crippen LogP contribution in [0.15, 0.2) is 18.5 Å². The number of hydrogen-bond acceptors (Lipinski definition) is 3. The average molecular weight is 210 g/mol. The molecule has 0 spiro atoms. The van der Waals surface area contributed by atoms with Gasteiger partial charge < -0.3 is 10.2 Å². The lowest BCUT2D eigenvalue weighted by molar-refractivity contribution is -0.127. The van der Waals surface area contributed by atoms with Crippen LogP contribution in [0.2, 0.25) is 0 Å². The predicted molar refractivity (Wildman–Crippen MR) is 58.4 cm³/mol. The van der Waals surface area contributed by atoms with Crippen LogP contribution in [0.4, 0.5) is 0 Å². The van der Waals surface area contributed by atoms with Crippen molar-refractivity contribution >= 4 is 5.91 Å². The molecule has 5 heteroatoms. The maximum absolute atomic E-state index is 11.3. The van der Waals surface area contributed by atoms with Gasteiger partial charge in [0.15, 0.2) is 0 Å². The Morgan fingerprint density at radius 1 is 1.60 bits per heavy atom. The van der Waals surface area contributed by atoms with E-state index in [2.05, 4.69) is 10.4 Å². The molecule has 1 aromatic heterocycles. The van der Waals surface area contributed by atoms with Gasteiger partial charge in [0.1, 0.15) is 0 Å². The maximum Gasteiger partial charge on any atom is 0.236 e. The molecule has 1 N–H and O–H groups in total. The van der Waals surface area contributed by atoms with Crippen LogP contribution in [0.25, 0.3) is 0 Å². The summed E-state index contributed by atoms with van der Waals surface area (Å²) in [5.74, 6) is 0.0855. The van der Waals surface area contributed by atoms with Crippen LogP contribution in [0.1, 0.15) is 6.92 Å². The number of carbonyl (C=O) groups excluding carboxylic acids is 1. The van der Waals surface area contributed by atoms with Crippen LogP contribution < -0.4 is 5.32 Å². The molecule has 0 unspecified atom stereocenters. The first-order valence-corrected chi connectivity index (χ1v) is 5.00. The highest BCUT2D eigenvalue weighted by molar-refractivity contribution is 5.77. The van der Waals surface area contributed by atoms with E-state index in [4.69, 9.17) is 0 Å². The van der Waals surface area contributed by atoms with E-state index >= 15 is 0 Å². The summed E-state index contributed by atoms with van der Waals surface area (Å²) in [5, 5.41) is 7.25. The van der Waals surface area contributed by atoms with Gasteiger partial charge in [-0.1, -0.05) is 0 Å². The van der Waals surface area contributed by atoms with Crippen molar-refractivity contribution in [2.45, 2.75) is 19.5 Å². The summed E-state index contributed by atoms with van der Waals surface area (Å²) in [5.41, 5.74) is 0. The molecule has 1 atom stereocenters. The fraction of sp³-hybridized carbons (Fsp3) is 0.600. The lowest BCUT2D eigenvalue weighted by Gasteiger charge is -2.15. The Hall–Kier alpha value is -1.36. The number of rotatable bonds is 5. The molecule has 0 aliphatic carbocycles. The molecule has 0 bridgehead atoms. The number of likely N-dealkylation sites (N-methyl/N-ethyl adjacent to an activating group) is 1. The molecule has 0 aliphatic rings. The summed E-state index contributed by atoms with van der Waals surface area (Å²) < 4.78 is 1.85. The molecule has 0 radical (unpaired) electrons. The molecular formula is C10H18N4O. The SMILES string of the molecule is C[C@H](Cn1cccn1)NCC(=O)N(C)C. The molecule has 15 heavy (non-hydrogen) atoms. The van der Waals surface area contributed by atoms with E-state index in [1.807, 2.05) is 23.9 Å². The second-order valence-corrected chi connectivity index (χ2v) is 3.80. The van der Waals surface area contributed by atoms with Crippen molar-refractivity contribution in [1.82, 2.24) is 20.0 Å². The lowest BCUT2D eigenvalue weighted by Crippen LogP contribution is -2.39. The van der Waals surface area contributed by atoms with Gasteiger partial charge in [-0.25, -0.2) is 0 Å². The number of hydrogen-bond donors (Lipinski definition) is 1. The van der Waals surface area contributed by atoms with E-state index in [0.717, 1.165) is 6.54 Å². The first-order valence-electron chi connectivity index (χ1n) is 5.00. The summed E-state index contributed by atoms with van der Waals surface area (Å²) in [7, 11) is 3.50. The van der Waals surface area contributed by atoms with Crippen LogP contribution in [0, 0.1) is 0 Å². The summed E-state index contributed by atoms with van der Waals surface area (Å²) in [6.07, 6.45) is 3.66. The normalized spacial score (nSPS) is 12.5. The van der Waals surface area contributed by atoms with Crippen LogP contribution in [0.5, 0.6) is 0 Å². The molecule has 0 aliphatic heterocycles. The predicted octanol–water partition coefficient (Wildman–Crippen LogP) is -0.0506. The van der Waals surface area contributed by atoms with Crippen LogP contribution in [-0.2, 0) is 11.3 Å². The third-order valence-electron chi connectivity index (χ3n) is 2.12. The van der Waals surface area contributed by atoms with Gasteiger partial charge >= 0.3 is 0 Å². The van der Waals surface area contributed by atoms with E-state index in [0.29, 0.717) is 6.54 Å². The van der Waals surface area contributed by atoms with Gasteiger partial charge in [0.2, 0.25) is 5.91 Å². The Bertz CT molecular complexity index is 294. The van der Waals surface area contributed by atoms with Crippen molar-refractivity contribution < 1.29 is 4.79 Å². The molecule has 1 aromatic rings. The van der Waals surface area contributed by atoms with E-state index in [-0.39, 0.29) is 11.9 Å². The minimum absolute atomic E-state index is 0.0855. The van der Waals surface area contributed by atoms with Gasteiger partial charge in [0.05, 0.1) is 13.1 Å². The van der Waals surface area contributed by atoms with Gasteiger partial charge in [-0.3, -0.25) is 9.48 Å². The monoisotopic (exact) mass is 210 g/mol. The van der Waals surface area contributed by atoms with E-state index in [1.54, 1.807) is 25.2 Å². The summed E-state index contributed by atoms with van der Waals surface area (Å²) >= 11 is 0. The van der Waals surface area contributed by atoms with Gasteiger partial charge in [0, 0.05) is 32.5 Å². The zero-order valence-corrected chi connectivity index (χ0v) is 9.47. The van der Waals surface area contributed by atoms with Crippen LogP contribution >= 0.6 is 0 Å². The zero-order chi connectivity index (χ0) is 11.3. The lowest BCUT2D eigenvalue weighted by atomic mass is 10.3. The third kappa shape index (κ3) is 4.12. The van der Waals surface area contributed by atoms with Crippen molar-refractivity contribution in [3.8, 4) is 0 Å². The van der Waals surface area contributed by atoms with Gasteiger partial charge in [-0.05, 0) is 13.0 Å². The van der Waals surface area contributed by atoms with Gasteiger partial charge in [-0.15, -0.1) is 0 Å². The molecular weight excluding hydrogens is 192 g/mol. The van der Waals surface area contributed by atoms with Crippen LogP contribution in [-0.4, -0.2) is 47.3 Å². The minimum Gasteiger partial charge on any atom is -0.348 e. The quantitative estimate of drug-likeness (QED) is 0.741. The van der Waals surface area contributed by atoms with Crippen molar-refractivity contribution in [1.29, 1.82) is 0 Å². The molecule has 0 fully saturated rings. The Morgan fingerprint density at radius 3 is 2.87 bits per heavy atom. The molecule has 5 nitrogen and oxygen atoms in total. The Balaban J connectivity index is 2.25. The van der Waals surface area contributed by atoms with E-state index < -0.39 is 0 Å². The molecule has 0 saturated carbocycles. The summed E-state index contributed by atoms with van der Waals surface area (Å²) in [6.45, 7) is 3.17. The van der Waals surface area contributed by atoms with Crippen molar-refractivity contribution in [2.24, 2.45) is 0 Å². The number of amides is 1. The number of carbonyl (C=O) groups is 1. The minimum atomic E-state index is 0.0855. The third-order valence-corrected chi connectivity index (χ3v) is 2.12. The Labute approximate surface area is 90.1 Å². The van der Waals surface area contributed by atoms with Crippen molar-refractivity contribution in [2.75, 3.05) is 20.6 Å². The summed E-state index contributed by atoms with van der Waals surface area (Å²) in [6, 6.07) is 2.12. The Kier molecular flexibility index (Phi) is 4.30. The second-order valence-electron chi connectivity index (χ2n) is 3.80. The molecule has 84 valence electrons. The smallest absolute Gasteiger partial charge is 0.236 e. The number of nitrogens with zero attached hydrogens (tertiary/aromatic N) is 3. The van der Waals surface area contributed by atoms with E-state index in [1.165, 1.54) is 0 Å². The van der Waals surface area contributed by atoms with Gasteiger partial charge in [-0.2, -0.15) is 5.10 Å². The molecule has 0 saturated heterocycles. The number of nitrogens with one attached hydrogen (secondary N) is 1. The fourth-order valence-electron chi connectivity index (χ4n) is 1.17. The first-order chi connectivity index (χ1) is 7.09. The number of aromatic nitrogens is 2. The Morgan fingerprint density at radius 2 is 2.33 bits per heavy atom. The molecule has 0 aromatic carbocycles. The maximum atomic E-state index is 11.3. The molecule has 1 rings (SSSR count). The standard InChI is InChI=1S/C10H18N4O/c1-9(8-14-6-4-5-12-14)11-7-10(15)13(2)3/h4-6,9,11H,7-8H2,1-3H3/t9-/m1/s1. The summed E-state index contributed by atoms with van der Waals surface area (Å²) in [4.78, 5) is 12.9. The molecule has 1 heterocycles. The second kappa shape index (κ2) is 5.50. The fourth-order valence-corrected chi connectivity index (χ4v) is 1.17. The topological polar surface area (TPSA) is 50.2 Å². The van der Waals surface area contributed by atoms with Crippen molar-refractivity contribution in [3.05, 3.63) is 18.5 Å². The first kappa shape index (κ1) is 11.7. The highest BCUT2D eigenvalue weighted by Crippen LogP contribution is 1.90. The zero-order valence-electron chi connectivity index (χ0n) is 9.47. The van der Waals surface area contributed by atoms with E-state index in [9.17, 15) is 4.79 Å². The largest absolute Gasteiger partial charge is 0.348 e. The van der Waals surface area contributed by atoms with Gasteiger partial charge in [0.25, 0.3) is 0 Å².